The summed E-state index contributed by atoms with van der Waals surface area (Å²) in [6.45, 7) is 2.70. The number of sulfonamides is 1. The minimum absolute atomic E-state index is 0.126. The second kappa shape index (κ2) is 8.85. The highest BCUT2D eigenvalue weighted by Gasteiger charge is 2.32. The number of carbonyl (C=O) groups excluding carboxylic acids is 1. The van der Waals surface area contributed by atoms with Gasteiger partial charge in [-0.25, -0.2) is 27.9 Å². The van der Waals surface area contributed by atoms with E-state index in [9.17, 15) is 13.2 Å². The van der Waals surface area contributed by atoms with Crippen LogP contribution in [0.15, 0.2) is 46.7 Å². The second-order valence-corrected chi connectivity index (χ2v) is 10.3. The van der Waals surface area contributed by atoms with Crippen LogP contribution in [0.1, 0.15) is 12.1 Å². The summed E-state index contributed by atoms with van der Waals surface area (Å²) in [6, 6.07) is 13.2. The van der Waals surface area contributed by atoms with Gasteiger partial charge in [0.25, 0.3) is 10.0 Å². The number of hydrogen-bond donors (Lipinski definition) is 2. The van der Waals surface area contributed by atoms with Crippen LogP contribution >= 0.6 is 11.3 Å². The SMILES string of the molecule is CNc1cccc(-c2ccc(N3CCCN(c4nc(C)c(S(=O)(=O)NC)s4)C3=O)cc2)n1. The lowest BCUT2D eigenvalue weighted by Crippen LogP contribution is -2.49. The van der Waals surface area contributed by atoms with E-state index in [0.717, 1.165) is 40.5 Å². The smallest absolute Gasteiger partial charge is 0.330 e. The maximum Gasteiger partial charge on any atom is 0.330 e. The first-order valence-corrected chi connectivity index (χ1v) is 12.4. The normalized spacial score (nSPS) is 14.7. The molecule has 4 rings (SSSR count). The largest absolute Gasteiger partial charge is 0.373 e. The highest BCUT2D eigenvalue weighted by molar-refractivity contribution is 7.91. The number of carbonyl (C=O) groups is 1. The van der Waals surface area contributed by atoms with Gasteiger partial charge >= 0.3 is 6.03 Å². The second-order valence-electron chi connectivity index (χ2n) is 7.22. The van der Waals surface area contributed by atoms with Crippen molar-refractivity contribution in [1.82, 2.24) is 14.7 Å². The van der Waals surface area contributed by atoms with E-state index in [1.807, 2.05) is 49.5 Å². The number of urea groups is 1. The molecule has 1 aliphatic rings. The fourth-order valence-corrected chi connectivity index (χ4v) is 5.87. The predicted octanol–water partition coefficient (Wildman–Crippen LogP) is 3.30. The van der Waals surface area contributed by atoms with Gasteiger partial charge in [-0.15, -0.1) is 0 Å². The Morgan fingerprint density at radius 1 is 1.00 bits per heavy atom. The standard InChI is InChI=1S/C21H24N6O3S2/c1-14-19(32(29,30)23-3)31-20(24-14)27-13-5-12-26(21(27)28)16-10-8-15(9-11-16)17-6-4-7-18(22-2)25-17/h4,6-11,23H,5,12-13H2,1-3H3,(H,22,25). The molecule has 0 spiro atoms. The van der Waals surface area contributed by atoms with Crippen LogP contribution in [0.4, 0.5) is 21.4 Å². The lowest BCUT2D eigenvalue weighted by molar-refractivity contribution is 0.248. The van der Waals surface area contributed by atoms with E-state index >= 15 is 0 Å². The molecule has 11 heteroatoms. The molecular formula is C21H24N6O3S2. The molecule has 0 aliphatic carbocycles. The number of pyridine rings is 1. The molecule has 1 aromatic carbocycles. The van der Waals surface area contributed by atoms with Gasteiger partial charge in [0.15, 0.2) is 9.34 Å². The van der Waals surface area contributed by atoms with Gasteiger partial charge in [-0.1, -0.05) is 29.5 Å². The van der Waals surface area contributed by atoms with Crippen LogP contribution in [0.25, 0.3) is 11.3 Å². The quantitative estimate of drug-likeness (QED) is 0.570. The van der Waals surface area contributed by atoms with Gasteiger partial charge in [0.2, 0.25) is 0 Å². The zero-order valence-corrected chi connectivity index (χ0v) is 19.6. The van der Waals surface area contributed by atoms with Crippen LogP contribution in [0.5, 0.6) is 0 Å². The Bertz CT molecular complexity index is 1240. The van der Waals surface area contributed by atoms with Crippen LogP contribution < -0.4 is 19.8 Å². The minimum Gasteiger partial charge on any atom is -0.373 e. The molecule has 9 nitrogen and oxygen atoms in total. The zero-order valence-electron chi connectivity index (χ0n) is 18.0. The van der Waals surface area contributed by atoms with Gasteiger partial charge < -0.3 is 5.32 Å². The molecule has 0 unspecified atom stereocenters. The van der Waals surface area contributed by atoms with Crippen LogP contribution in [0.2, 0.25) is 0 Å². The molecule has 0 bridgehead atoms. The molecule has 168 valence electrons. The molecule has 0 radical (unpaired) electrons. The summed E-state index contributed by atoms with van der Waals surface area (Å²) < 4.78 is 26.9. The highest BCUT2D eigenvalue weighted by atomic mass is 32.2. The van der Waals surface area contributed by atoms with Crippen molar-refractivity contribution in [1.29, 1.82) is 0 Å². The molecule has 1 fully saturated rings. The Morgan fingerprint density at radius 2 is 1.72 bits per heavy atom. The summed E-state index contributed by atoms with van der Waals surface area (Å²) in [5.41, 5.74) is 2.94. The van der Waals surface area contributed by atoms with E-state index < -0.39 is 10.0 Å². The van der Waals surface area contributed by atoms with Crippen molar-refractivity contribution in [3.8, 4) is 11.3 Å². The minimum atomic E-state index is -3.62. The number of nitrogens with zero attached hydrogens (tertiary/aromatic N) is 4. The number of rotatable bonds is 6. The van der Waals surface area contributed by atoms with Gasteiger partial charge in [0.05, 0.1) is 11.4 Å². The summed E-state index contributed by atoms with van der Waals surface area (Å²) in [5, 5.41) is 3.41. The summed E-state index contributed by atoms with van der Waals surface area (Å²) in [4.78, 5) is 25.4. The first-order chi connectivity index (χ1) is 15.3. The van der Waals surface area contributed by atoms with Crippen molar-refractivity contribution in [2.45, 2.75) is 17.6 Å². The zero-order chi connectivity index (χ0) is 22.9. The van der Waals surface area contributed by atoms with Crippen LogP contribution in [0, 0.1) is 6.92 Å². The van der Waals surface area contributed by atoms with Crippen LogP contribution in [0.3, 0.4) is 0 Å². The molecule has 2 N–H and O–H groups in total. The Kier molecular flexibility index (Phi) is 6.13. The Labute approximate surface area is 191 Å². The van der Waals surface area contributed by atoms with Crippen LogP contribution in [-0.2, 0) is 10.0 Å². The first kappa shape index (κ1) is 22.2. The molecule has 2 amide bonds. The van der Waals surface area contributed by atoms with E-state index in [-0.39, 0.29) is 10.2 Å². The number of amides is 2. The average Bonchev–Trinajstić information content (AvgIpc) is 3.21. The van der Waals surface area contributed by atoms with Gasteiger partial charge in [0, 0.05) is 31.4 Å². The van der Waals surface area contributed by atoms with Gasteiger partial charge in [-0.3, -0.25) is 9.80 Å². The fourth-order valence-electron chi connectivity index (χ4n) is 3.51. The summed E-state index contributed by atoms with van der Waals surface area (Å²) in [5.74, 6) is 0.784. The van der Waals surface area contributed by atoms with E-state index in [0.29, 0.717) is 23.9 Å². The van der Waals surface area contributed by atoms with E-state index in [1.165, 1.54) is 7.05 Å². The molecule has 32 heavy (non-hydrogen) atoms. The number of benzene rings is 1. The molecule has 2 aromatic heterocycles. The van der Waals surface area contributed by atoms with E-state index in [2.05, 4.69) is 20.0 Å². The number of hydrogen-bond acceptors (Lipinski definition) is 7. The Balaban J connectivity index is 1.58. The molecule has 1 aliphatic heterocycles. The Hall–Kier alpha value is -3.02. The Morgan fingerprint density at radius 3 is 2.41 bits per heavy atom. The molecule has 0 atom stereocenters. The van der Waals surface area contributed by atoms with Crippen molar-refractivity contribution >= 4 is 44.0 Å². The molecule has 0 saturated carbocycles. The maximum atomic E-state index is 13.2. The van der Waals surface area contributed by atoms with Crippen molar-refractivity contribution in [3.05, 3.63) is 48.2 Å². The monoisotopic (exact) mass is 472 g/mol. The summed E-state index contributed by atoms with van der Waals surface area (Å²) >= 11 is 1.00. The summed E-state index contributed by atoms with van der Waals surface area (Å²) in [6.07, 6.45) is 0.742. The number of nitrogens with one attached hydrogen (secondary N) is 2. The third-order valence-corrected chi connectivity index (χ3v) is 8.40. The number of aromatic nitrogens is 2. The fraction of sp³-hybridized carbons (Fsp3) is 0.286. The molecule has 1 saturated heterocycles. The highest BCUT2D eigenvalue weighted by Crippen LogP contribution is 2.33. The van der Waals surface area contributed by atoms with E-state index in [1.54, 1.807) is 16.7 Å². The number of aryl methyl sites for hydroxylation is 1. The number of anilines is 3. The van der Waals surface area contributed by atoms with Gasteiger partial charge in [0.1, 0.15) is 5.82 Å². The van der Waals surface area contributed by atoms with Crippen molar-refractivity contribution in [2.75, 3.05) is 42.3 Å². The third-order valence-electron chi connectivity index (χ3n) is 5.19. The molecule has 3 heterocycles. The third kappa shape index (κ3) is 4.18. The topological polar surface area (TPSA) is 108 Å². The average molecular weight is 473 g/mol. The lowest BCUT2D eigenvalue weighted by Gasteiger charge is -2.34. The lowest BCUT2D eigenvalue weighted by atomic mass is 10.1. The predicted molar refractivity (Wildman–Crippen MR) is 127 cm³/mol. The van der Waals surface area contributed by atoms with Crippen molar-refractivity contribution in [3.63, 3.8) is 0 Å². The maximum absolute atomic E-state index is 13.2. The first-order valence-electron chi connectivity index (χ1n) is 10.1. The van der Waals surface area contributed by atoms with Gasteiger partial charge in [-0.05, 0) is 44.7 Å². The molecular weight excluding hydrogens is 448 g/mol. The van der Waals surface area contributed by atoms with Crippen molar-refractivity contribution in [2.24, 2.45) is 0 Å². The summed E-state index contributed by atoms with van der Waals surface area (Å²) in [7, 11) is -0.441. The van der Waals surface area contributed by atoms with Crippen molar-refractivity contribution < 1.29 is 13.2 Å². The van der Waals surface area contributed by atoms with Crippen LogP contribution in [-0.4, -0.2) is 51.6 Å². The van der Waals surface area contributed by atoms with E-state index in [4.69, 9.17) is 0 Å². The van der Waals surface area contributed by atoms with Gasteiger partial charge in [-0.2, -0.15) is 0 Å². The molecule has 3 aromatic rings. The number of thiazole rings is 1.